The van der Waals surface area contributed by atoms with Gasteiger partial charge in [-0.1, -0.05) is 40.2 Å². The summed E-state index contributed by atoms with van der Waals surface area (Å²) in [5.41, 5.74) is 1.20. The standard InChI is InChI=1S/C19H15BrF3NOS/c20-14-8-5-12(6-9-14)16(25)10-7-13(11-19(21,22)23)18-24-15-3-1-2-4-17(15)26-18/h1-6,8-9,13H,7,10-11H2. The first kappa shape index (κ1) is 19.0. The normalized spacial score (nSPS) is 13.1. The number of rotatable bonds is 6. The summed E-state index contributed by atoms with van der Waals surface area (Å²) in [5.74, 6) is -0.974. The number of alkyl halides is 3. The van der Waals surface area contributed by atoms with Crippen molar-refractivity contribution in [3.8, 4) is 0 Å². The van der Waals surface area contributed by atoms with Crippen LogP contribution in [0.15, 0.2) is 53.0 Å². The monoisotopic (exact) mass is 441 g/mol. The van der Waals surface area contributed by atoms with Gasteiger partial charge in [0.15, 0.2) is 5.78 Å². The Morgan fingerprint density at radius 2 is 1.81 bits per heavy atom. The third-order valence-electron chi connectivity index (χ3n) is 4.02. The molecule has 0 aliphatic carbocycles. The number of thiazole rings is 1. The number of halogens is 4. The molecule has 0 amide bonds. The average molecular weight is 442 g/mol. The van der Waals surface area contributed by atoms with Crippen molar-refractivity contribution in [2.75, 3.05) is 0 Å². The van der Waals surface area contributed by atoms with Crippen molar-refractivity contribution in [1.29, 1.82) is 0 Å². The lowest BCUT2D eigenvalue weighted by molar-refractivity contribution is -0.139. The summed E-state index contributed by atoms with van der Waals surface area (Å²) < 4.78 is 40.8. The Kier molecular flexibility index (Phi) is 5.77. The Morgan fingerprint density at radius 1 is 1.12 bits per heavy atom. The molecule has 3 aromatic rings. The lowest BCUT2D eigenvalue weighted by Gasteiger charge is -2.16. The largest absolute Gasteiger partial charge is 0.389 e. The van der Waals surface area contributed by atoms with Gasteiger partial charge in [0.1, 0.15) is 0 Å². The van der Waals surface area contributed by atoms with Crippen LogP contribution in [0.4, 0.5) is 13.2 Å². The lowest BCUT2D eigenvalue weighted by Crippen LogP contribution is -2.15. The summed E-state index contributed by atoms with van der Waals surface area (Å²) in [4.78, 5) is 16.7. The van der Waals surface area contributed by atoms with E-state index < -0.39 is 18.5 Å². The number of carbonyl (C=O) groups is 1. The van der Waals surface area contributed by atoms with Crippen LogP contribution in [0.3, 0.4) is 0 Å². The molecule has 1 unspecified atom stereocenters. The molecule has 1 aromatic heterocycles. The zero-order valence-corrected chi connectivity index (χ0v) is 16.0. The van der Waals surface area contributed by atoms with Crippen molar-refractivity contribution >= 4 is 43.3 Å². The van der Waals surface area contributed by atoms with E-state index in [1.807, 2.05) is 18.2 Å². The van der Waals surface area contributed by atoms with Gasteiger partial charge < -0.3 is 0 Å². The number of benzene rings is 2. The second kappa shape index (κ2) is 7.88. The Morgan fingerprint density at radius 3 is 2.46 bits per heavy atom. The molecule has 1 atom stereocenters. The molecule has 0 spiro atoms. The number of hydrogen-bond donors (Lipinski definition) is 0. The zero-order valence-electron chi connectivity index (χ0n) is 13.6. The summed E-state index contributed by atoms with van der Waals surface area (Å²) in [6.45, 7) is 0. The van der Waals surface area contributed by atoms with Gasteiger partial charge in [-0.05, 0) is 30.7 Å². The van der Waals surface area contributed by atoms with E-state index in [0.717, 1.165) is 9.17 Å². The summed E-state index contributed by atoms with van der Waals surface area (Å²) >= 11 is 4.56. The molecule has 0 bridgehead atoms. The van der Waals surface area contributed by atoms with Crippen LogP contribution < -0.4 is 0 Å². The molecule has 0 saturated carbocycles. The fraction of sp³-hybridized carbons (Fsp3) is 0.263. The minimum absolute atomic E-state index is 0.0539. The number of hydrogen-bond acceptors (Lipinski definition) is 3. The first-order chi connectivity index (χ1) is 12.3. The van der Waals surface area contributed by atoms with E-state index in [9.17, 15) is 18.0 Å². The quantitative estimate of drug-likeness (QED) is 0.395. The molecule has 1 heterocycles. The number of aromatic nitrogens is 1. The molecule has 0 N–H and O–H groups in total. The molecule has 3 rings (SSSR count). The van der Waals surface area contributed by atoms with Crippen LogP contribution in [0.5, 0.6) is 0 Å². The van der Waals surface area contributed by atoms with Crippen molar-refractivity contribution in [3.63, 3.8) is 0 Å². The molecule has 2 nitrogen and oxygen atoms in total. The number of nitrogens with zero attached hydrogens (tertiary/aromatic N) is 1. The van der Waals surface area contributed by atoms with E-state index >= 15 is 0 Å². The van der Waals surface area contributed by atoms with Crippen LogP contribution in [0.1, 0.15) is 40.5 Å². The summed E-state index contributed by atoms with van der Waals surface area (Å²) in [6, 6.07) is 14.1. The summed E-state index contributed by atoms with van der Waals surface area (Å²) in [7, 11) is 0. The van der Waals surface area contributed by atoms with Crippen LogP contribution in [-0.4, -0.2) is 16.9 Å². The fourth-order valence-corrected chi connectivity index (χ4v) is 4.11. The molecule has 2 aromatic carbocycles. The van der Waals surface area contributed by atoms with E-state index in [2.05, 4.69) is 20.9 Å². The molecule has 26 heavy (non-hydrogen) atoms. The molecule has 7 heteroatoms. The zero-order chi connectivity index (χ0) is 18.7. The molecule has 0 radical (unpaired) electrons. The van der Waals surface area contributed by atoms with Gasteiger partial charge in [-0.3, -0.25) is 4.79 Å². The van der Waals surface area contributed by atoms with E-state index in [-0.39, 0.29) is 18.6 Å². The molecule has 0 aliphatic rings. The highest BCUT2D eigenvalue weighted by molar-refractivity contribution is 9.10. The number of fused-ring (bicyclic) bond motifs is 1. The Hall–Kier alpha value is -1.73. The SMILES string of the molecule is O=C(CCC(CC(F)(F)F)c1nc2ccccc2s1)c1ccc(Br)cc1. The predicted octanol–water partition coefficient (Wildman–Crippen LogP) is 6.76. The number of Topliss-reactive ketones (excluding diaryl/α,β-unsaturated/α-hetero) is 1. The average Bonchev–Trinajstić information content (AvgIpc) is 3.02. The number of carbonyl (C=O) groups excluding carboxylic acids is 1. The topological polar surface area (TPSA) is 30.0 Å². The number of para-hydroxylation sites is 1. The van der Waals surface area contributed by atoms with E-state index in [1.165, 1.54) is 11.3 Å². The molecule has 0 aliphatic heterocycles. The fourth-order valence-electron chi connectivity index (χ4n) is 2.74. The van der Waals surface area contributed by atoms with Gasteiger partial charge in [0.2, 0.25) is 0 Å². The Balaban J connectivity index is 1.77. The second-order valence-electron chi connectivity index (χ2n) is 6.00. The number of ketones is 1. The van der Waals surface area contributed by atoms with Crippen molar-refractivity contribution in [2.24, 2.45) is 0 Å². The Bertz CT molecular complexity index is 872. The third kappa shape index (κ3) is 4.92. The predicted molar refractivity (Wildman–Crippen MR) is 101 cm³/mol. The van der Waals surface area contributed by atoms with E-state index in [4.69, 9.17) is 0 Å². The van der Waals surface area contributed by atoms with Gasteiger partial charge in [0.25, 0.3) is 0 Å². The highest BCUT2D eigenvalue weighted by Gasteiger charge is 2.34. The van der Waals surface area contributed by atoms with Gasteiger partial charge in [0, 0.05) is 22.4 Å². The van der Waals surface area contributed by atoms with Crippen LogP contribution in [0, 0.1) is 0 Å². The summed E-state index contributed by atoms with van der Waals surface area (Å²) in [6.07, 6.45) is -5.10. The van der Waals surface area contributed by atoms with Gasteiger partial charge in [-0.25, -0.2) is 4.98 Å². The molecular weight excluding hydrogens is 427 g/mol. The van der Waals surface area contributed by atoms with Crippen LogP contribution in [0.2, 0.25) is 0 Å². The first-order valence-corrected chi connectivity index (χ1v) is 9.64. The molecule has 0 saturated heterocycles. The van der Waals surface area contributed by atoms with Crippen molar-refractivity contribution in [3.05, 3.63) is 63.6 Å². The van der Waals surface area contributed by atoms with Gasteiger partial charge >= 0.3 is 6.18 Å². The molecule has 0 fully saturated rings. The van der Waals surface area contributed by atoms with Crippen molar-refractivity contribution in [1.82, 2.24) is 4.98 Å². The van der Waals surface area contributed by atoms with Crippen LogP contribution in [-0.2, 0) is 0 Å². The van der Waals surface area contributed by atoms with Gasteiger partial charge in [-0.15, -0.1) is 11.3 Å². The Labute approximate surface area is 161 Å². The first-order valence-electron chi connectivity index (χ1n) is 8.03. The van der Waals surface area contributed by atoms with Gasteiger partial charge in [-0.2, -0.15) is 13.2 Å². The minimum Gasteiger partial charge on any atom is -0.294 e. The van der Waals surface area contributed by atoms with Crippen molar-refractivity contribution in [2.45, 2.75) is 31.4 Å². The van der Waals surface area contributed by atoms with Crippen LogP contribution in [0.25, 0.3) is 10.2 Å². The smallest absolute Gasteiger partial charge is 0.294 e. The molecule has 136 valence electrons. The van der Waals surface area contributed by atoms with E-state index in [1.54, 1.807) is 30.3 Å². The van der Waals surface area contributed by atoms with Crippen LogP contribution >= 0.6 is 27.3 Å². The maximum Gasteiger partial charge on any atom is 0.389 e. The third-order valence-corrected chi connectivity index (χ3v) is 5.75. The van der Waals surface area contributed by atoms with Gasteiger partial charge in [0.05, 0.1) is 21.6 Å². The minimum atomic E-state index is -4.30. The highest BCUT2D eigenvalue weighted by atomic mass is 79.9. The maximum atomic E-state index is 13.0. The van der Waals surface area contributed by atoms with Crippen molar-refractivity contribution < 1.29 is 18.0 Å². The summed E-state index contributed by atoms with van der Waals surface area (Å²) in [5, 5.41) is 0.437. The molecular formula is C19H15BrF3NOS. The highest BCUT2D eigenvalue weighted by Crippen LogP contribution is 2.38. The second-order valence-corrected chi connectivity index (χ2v) is 7.98. The lowest BCUT2D eigenvalue weighted by atomic mass is 9.96. The van der Waals surface area contributed by atoms with E-state index in [0.29, 0.717) is 16.1 Å². The maximum absolute atomic E-state index is 13.0.